The molecule has 1 rings (SSSR count). The van der Waals surface area contributed by atoms with E-state index in [1.54, 1.807) is 30.3 Å². The van der Waals surface area contributed by atoms with Crippen molar-refractivity contribution in [2.45, 2.75) is 18.7 Å². The summed E-state index contributed by atoms with van der Waals surface area (Å²) in [6, 6.07) is 9.64. The van der Waals surface area contributed by atoms with Crippen molar-refractivity contribution in [2.75, 3.05) is 0 Å². The van der Waals surface area contributed by atoms with Crippen LogP contribution >= 0.6 is 0 Å². The lowest BCUT2D eigenvalue weighted by Gasteiger charge is -2.21. The van der Waals surface area contributed by atoms with Crippen LogP contribution in [-0.4, -0.2) is 11.2 Å². The van der Waals surface area contributed by atoms with Gasteiger partial charge < -0.3 is 5.11 Å². The molecule has 2 atom stereocenters. The van der Waals surface area contributed by atoms with Gasteiger partial charge in [-0.2, -0.15) is 5.26 Å². The van der Waals surface area contributed by atoms with Gasteiger partial charge in [-0.15, -0.1) is 0 Å². The Kier molecular flexibility index (Phi) is 2.64. The number of benzene rings is 1. The summed E-state index contributed by atoms with van der Waals surface area (Å²) in [7, 11) is 0. The zero-order valence-corrected chi connectivity index (χ0v) is 7.24. The lowest BCUT2D eigenvalue weighted by Crippen LogP contribution is -2.30. The molecule has 0 unspecified atom stereocenters. The number of aliphatic hydroxyl groups is 1. The van der Waals surface area contributed by atoms with Crippen molar-refractivity contribution in [3.05, 3.63) is 35.9 Å². The van der Waals surface area contributed by atoms with Crippen molar-refractivity contribution >= 4 is 0 Å². The van der Waals surface area contributed by atoms with Crippen LogP contribution < -0.4 is 0 Å². The molecule has 3 heteroatoms. The standard InChI is InChI=1S/C10H10FNO/c1-10(11,9(13)7-12)8-5-3-2-4-6-8/h2-6,9,13H,1H3/t9-,10-/m1/s1. The molecule has 0 heterocycles. The molecular formula is C10H10FNO. The molecule has 0 spiro atoms. The van der Waals surface area contributed by atoms with E-state index in [-0.39, 0.29) is 0 Å². The van der Waals surface area contributed by atoms with Gasteiger partial charge in [0.05, 0.1) is 6.07 Å². The normalized spacial score (nSPS) is 17.1. The average molecular weight is 179 g/mol. The molecule has 2 nitrogen and oxygen atoms in total. The van der Waals surface area contributed by atoms with Crippen molar-refractivity contribution in [3.8, 4) is 6.07 Å². The number of nitrogens with zero attached hydrogens (tertiary/aromatic N) is 1. The molecule has 0 aliphatic rings. The van der Waals surface area contributed by atoms with Gasteiger partial charge in [0.25, 0.3) is 0 Å². The first-order valence-electron chi connectivity index (χ1n) is 3.91. The Hall–Kier alpha value is -1.40. The molecular weight excluding hydrogens is 169 g/mol. The van der Waals surface area contributed by atoms with Crippen LogP contribution in [0.2, 0.25) is 0 Å². The molecule has 0 aliphatic heterocycles. The van der Waals surface area contributed by atoms with Gasteiger partial charge in [-0.1, -0.05) is 30.3 Å². The molecule has 0 saturated heterocycles. The highest BCUT2D eigenvalue weighted by Crippen LogP contribution is 2.28. The van der Waals surface area contributed by atoms with Crippen molar-refractivity contribution in [1.82, 2.24) is 0 Å². The summed E-state index contributed by atoms with van der Waals surface area (Å²) >= 11 is 0. The minimum absolute atomic E-state index is 0.309. The third-order valence-corrected chi connectivity index (χ3v) is 1.97. The second-order valence-corrected chi connectivity index (χ2v) is 2.97. The Labute approximate surface area is 76.2 Å². The predicted octanol–water partition coefficient (Wildman–Crippen LogP) is 1.76. The fraction of sp³-hybridized carbons (Fsp3) is 0.300. The van der Waals surface area contributed by atoms with E-state index in [0.717, 1.165) is 0 Å². The summed E-state index contributed by atoms with van der Waals surface area (Å²) in [5.74, 6) is 0. The molecule has 1 aromatic carbocycles. The Morgan fingerprint density at radius 2 is 2.00 bits per heavy atom. The van der Waals surface area contributed by atoms with Crippen molar-refractivity contribution in [3.63, 3.8) is 0 Å². The Balaban J connectivity index is 3.02. The fourth-order valence-electron chi connectivity index (χ4n) is 1.04. The van der Waals surface area contributed by atoms with Gasteiger partial charge in [-0.05, 0) is 12.5 Å². The molecule has 68 valence electrons. The lowest BCUT2D eigenvalue weighted by molar-refractivity contribution is 0.0380. The minimum Gasteiger partial charge on any atom is -0.375 e. The van der Waals surface area contributed by atoms with E-state index in [4.69, 9.17) is 10.4 Å². The summed E-state index contributed by atoms with van der Waals surface area (Å²) in [6.07, 6.45) is -1.63. The number of rotatable bonds is 2. The highest BCUT2D eigenvalue weighted by Gasteiger charge is 2.34. The van der Waals surface area contributed by atoms with Crippen molar-refractivity contribution in [1.29, 1.82) is 5.26 Å². The first-order valence-corrected chi connectivity index (χ1v) is 3.91. The van der Waals surface area contributed by atoms with Crippen molar-refractivity contribution in [2.24, 2.45) is 0 Å². The summed E-state index contributed by atoms with van der Waals surface area (Å²) < 4.78 is 13.7. The predicted molar refractivity (Wildman–Crippen MR) is 46.5 cm³/mol. The quantitative estimate of drug-likeness (QED) is 0.703. The van der Waals surface area contributed by atoms with E-state index < -0.39 is 11.8 Å². The molecule has 0 fully saturated rings. The summed E-state index contributed by atoms with van der Waals surface area (Å²) in [6.45, 7) is 1.19. The van der Waals surface area contributed by atoms with E-state index in [0.29, 0.717) is 5.56 Å². The van der Waals surface area contributed by atoms with E-state index in [9.17, 15) is 4.39 Å². The second kappa shape index (κ2) is 3.55. The first kappa shape index (κ1) is 9.69. The van der Waals surface area contributed by atoms with Gasteiger partial charge in [0.1, 0.15) is 0 Å². The maximum atomic E-state index is 13.7. The molecule has 1 aromatic rings. The minimum atomic E-state index is -2.00. The highest BCUT2D eigenvalue weighted by molar-refractivity contribution is 5.25. The Morgan fingerprint density at radius 1 is 1.46 bits per heavy atom. The van der Waals surface area contributed by atoms with Crippen LogP contribution in [0.4, 0.5) is 4.39 Å². The van der Waals surface area contributed by atoms with Crippen LogP contribution in [-0.2, 0) is 5.67 Å². The number of halogens is 1. The topological polar surface area (TPSA) is 44.0 Å². The second-order valence-electron chi connectivity index (χ2n) is 2.97. The van der Waals surface area contributed by atoms with E-state index >= 15 is 0 Å². The van der Waals surface area contributed by atoms with Crippen LogP contribution in [0.5, 0.6) is 0 Å². The van der Waals surface area contributed by atoms with Gasteiger partial charge >= 0.3 is 0 Å². The number of hydrogen-bond acceptors (Lipinski definition) is 2. The third-order valence-electron chi connectivity index (χ3n) is 1.97. The molecule has 0 aromatic heterocycles. The van der Waals surface area contributed by atoms with Crippen LogP contribution in [0.25, 0.3) is 0 Å². The van der Waals surface area contributed by atoms with Crippen molar-refractivity contribution < 1.29 is 9.50 Å². The van der Waals surface area contributed by atoms with Crippen LogP contribution in [0.15, 0.2) is 30.3 Å². The SMILES string of the molecule is C[C@@](F)(c1ccccc1)[C@H](O)C#N. The summed E-state index contributed by atoms with van der Waals surface area (Å²) in [4.78, 5) is 0. The molecule has 0 aliphatic carbocycles. The number of aliphatic hydroxyl groups excluding tert-OH is 1. The molecule has 1 N–H and O–H groups in total. The van der Waals surface area contributed by atoms with Crippen LogP contribution in [0, 0.1) is 11.3 Å². The van der Waals surface area contributed by atoms with E-state index in [1.807, 2.05) is 0 Å². The van der Waals surface area contributed by atoms with Gasteiger partial charge in [0, 0.05) is 0 Å². The summed E-state index contributed by atoms with van der Waals surface area (Å²) in [5, 5.41) is 17.5. The van der Waals surface area contributed by atoms with E-state index in [1.165, 1.54) is 13.0 Å². The largest absolute Gasteiger partial charge is 0.375 e. The number of hydrogen-bond donors (Lipinski definition) is 1. The van der Waals surface area contributed by atoms with E-state index in [2.05, 4.69) is 0 Å². The molecule has 0 amide bonds. The smallest absolute Gasteiger partial charge is 0.178 e. The molecule has 13 heavy (non-hydrogen) atoms. The highest BCUT2D eigenvalue weighted by atomic mass is 19.1. The van der Waals surface area contributed by atoms with Crippen LogP contribution in [0.3, 0.4) is 0 Å². The average Bonchev–Trinajstić information content (AvgIpc) is 2.18. The Bertz CT molecular complexity index is 315. The maximum Gasteiger partial charge on any atom is 0.178 e. The maximum absolute atomic E-state index is 13.7. The van der Waals surface area contributed by atoms with Gasteiger partial charge in [0.15, 0.2) is 11.8 Å². The molecule has 0 bridgehead atoms. The fourth-order valence-corrected chi connectivity index (χ4v) is 1.04. The zero-order valence-electron chi connectivity index (χ0n) is 7.24. The van der Waals surface area contributed by atoms with Crippen LogP contribution in [0.1, 0.15) is 12.5 Å². The van der Waals surface area contributed by atoms with Gasteiger partial charge in [0.2, 0.25) is 0 Å². The van der Waals surface area contributed by atoms with Gasteiger partial charge in [-0.3, -0.25) is 0 Å². The number of nitriles is 1. The molecule has 0 saturated carbocycles. The monoisotopic (exact) mass is 179 g/mol. The van der Waals surface area contributed by atoms with Gasteiger partial charge in [-0.25, -0.2) is 4.39 Å². The zero-order chi connectivity index (χ0) is 9.90. The molecule has 0 radical (unpaired) electrons. The number of alkyl halides is 1. The first-order chi connectivity index (χ1) is 6.09. The summed E-state index contributed by atoms with van der Waals surface area (Å²) in [5.41, 5.74) is -1.69. The third kappa shape index (κ3) is 1.85. The Morgan fingerprint density at radius 3 is 2.46 bits per heavy atom. The lowest BCUT2D eigenvalue weighted by atomic mass is 9.93.